The number of fused-ring (bicyclic) bond motifs is 2. The lowest BCUT2D eigenvalue weighted by Gasteiger charge is -2.23. The fraction of sp³-hybridized carbons (Fsp3) is 0.304. The Hall–Kier alpha value is -6.24. The highest BCUT2D eigenvalue weighted by Gasteiger charge is 2.21. The van der Waals surface area contributed by atoms with E-state index in [1.807, 2.05) is 65.4 Å². The molecule has 15 nitrogen and oxygen atoms in total. The van der Waals surface area contributed by atoms with Crippen molar-refractivity contribution in [3.05, 3.63) is 128 Å². The van der Waals surface area contributed by atoms with Gasteiger partial charge in [0.15, 0.2) is 17.0 Å². The van der Waals surface area contributed by atoms with Crippen molar-refractivity contribution in [1.29, 1.82) is 0 Å². The van der Waals surface area contributed by atoms with Crippen LogP contribution in [-0.2, 0) is 36.4 Å². The Balaban J connectivity index is 0.000000152. The van der Waals surface area contributed by atoms with Crippen molar-refractivity contribution in [2.24, 2.45) is 19.8 Å². The summed E-state index contributed by atoms with van der Waals surface area (Å²) in [6.45, 7) is 3.09. The Labute approximate surface area is 372 Å². The van der Waals surface area contributed by atoms with Gasteiger partial charge in [-0.1, -0.05) is 48.5 Å². The summed E-state index contributed by atoms with van der Waals surface area (Å²) in [7, 11) is 3.61. The summed E-state index contributed by atoms with van der Waals surface area (Å²) in [5.74, 6) is -1.18. The lowest BCUT2D eigenvalue weighted by atomic mass is 10.0. The minimum absolute atomic E-state index is 0.0326. The van der Waals surface area contributed by atoms with Crippen molar-refractivity contribution in [1.82, 2.24) is 44.8 Å². The molecule has 8 aromatic rings. The van der Waals surface area contributed by atoms with Crippen molar-refractivity contribution in [3.8, 4) is 22.5 Å². The molecule has 63 heavy (non-hydrogen) atoms. The zero-order valence-corrected chi connectivity index (χ0v) is 36.6. The molecule has 0 saturated carbocycles. The maximum atomic E-state index is 12.9. The van der Waals surface area contributed by atoms with Crippen LogP contribution in [0, 0.1) is 0 Å². The predicted octanol–water partition coefficient (Wildman–Crippen LogP) is 7.10. The van der Waals surface area contributed by atoms with Gasteiger partial charge in [-0.3, -0.25) is 14.2 Å². The fourth-order valence-electron chi connectivity index (χ4n) is 7.43. The molecule has 10 rings (SSSR count). The highest BCUT2D eigenvalue weighted by atomic mass is 32.1. The van der Waals surface area contributed by atoms with Crippen LogP contribution in [0.5, 0.6) is 0 Å². The molecule has 0 aliphatic carbocycles. The van der Waals surface area contributed by atoms with E-state index in [0.717, 1.165) is 94.4 Å². The van der Waals surface area contributed by atoms with E-state index in [4.69, 9.17) is 15.2 Å². The number of nitrogens with zero attached hydrogens (tertiary/aromatic N) is 8. The number of benzene rings is 2. The minimum atomic E-state index is -1.04. The third-order valence-corrected chi connectivity index (χ3v) is 12.2. The van der Waals surface area contributed by atoms with E-state index < -0.39 is 5.97 Å². The van der Waals surface area contributed by atoms with Crippen LogP contribution in [0.25, 0.3) is 44.6 Å². The summed E-state index contributed by atoms with van der Waals surface area (Å²) < 4.78 is 13.8. The smallest absolute Gasteiger partial charge is 0.354 e. The highest BCUT2D eigenvalue weighted by molar-refractivity contribution is 7.08. The number of rotatable bonds is 9. The van der Waals surface area contributed by atoms with Crippen molar-refractivity contribution < 1.29 is 24.2 Å². The number of nitrogens with two attached hydrogens (primary N) is 1. The number of amides is 1. The van der Waals surface area contributed by atoms with Gasteiger partial charge >= 0.3 is 5.97 Å². The number of carboxylic acid groups (broad SMARTS) is 1. The Kier molecular flexibility index (Phi) is 14.0. The van der Waals surface area contributed by atoms with E-state index in [9.17, 15) is 14.7 Å². The molecule has 4 N–H and O–H groups in total. The third kappa shape index (κ3) is 10.9. The van der Waals surface area contributed by atoms with Gasteiger partial charge in [-0.2, -0.15) is 10.2 Å². The number of hydrogen-bond donors (Lipinski definition) is 3. The van der Waals surface area contributed by atoms with Gasteiger partial charge in [0.2, 0.25) is 0 Å². The molecule has 0 unspecified atom stereocenters. The molecule has 8 heterocycles. The van der Waals surface area contributed by atoms with E-state index in [-0.39, 0.29) is 17.6 Å². The maximum absolute atomic E-state index is 12.9. The number of ether oxygens (including phenoxy) is 2. The maximum Gasteiger partial charge on any atom is 0.354 e. The number of nitrogens with one attached hydrogen (secondary N) is 1. The second-order valence-electron chi connectivity index (χ2n) is 15.5. The Morgan fingerprint density at radius 1 is 0.714 bits per heavy atom. The number of aromatic nitrogens is 8. The molecule has 324 valence electrons. The van der Waals surface area contributed by atoms with Crippen LogP contribution in [0.2, 0.25) is 0 Å². The van der Waals surface area contributed by atoms with E-state index in [0.29, 0.717) is 49.1 Å². The lowest BCUT2D eigenvalue weighted by Crippen LogP contribution is -2.39. The Morgan fingerprint density at radius 3 is 1.60 bits per heavy atom. The summed E-state index contributed by atoms with van der Waals surface area (Å²) in [6.07, 6.45) is 8.60. The van der Waals surface area contributed by atoms with Crippen molar-refractivity contribution in [2.75, 3.05) is 26.4 Å². The summed E-state index contributed by atoms with van der Waals surface area (Å²) in [5, 5.41) is 26.9. The predicted molar refractivity (Wildman–Crippen MR) is 244 cm³/mol. The van der Waals surface area contributed by atoms with Gasteiger partial charge in [0.25, 0.3) is 5.91 Å². The van der Waals surface area contributed by atoms with Gasteiger partial charge < -0.3 is 25.6 Å². The molecule has 0 spiro atoms. The molecule has 2 aromatic carbocycles. The molecule has 1 amide bonds. The first-order valence-electron chi connectivity index (χ1n) is 20.7. The average molecular weight is 885 g/mol. The molecule has 6 aromatic heterocycles. The molecule has 2 aliphatic heterocycles. The molecule has 2 fully saturated rings. The molecule has 0 atom stereocenters. The van der Waals surface area contributed by atoms with Gasteiger partial charge in [0, 0.05) is 85.3 Å². The number of aryl methyl sites for hydroxylation is 2. The van der Waals surface area contributed by atoms with Gasteiger partial charge in [0.05, 0.1) is 34.8 Å². The molecule has 2 saturated heterocycles. The zero-order valence-electron chi connectivity index (χ0n) is 35.0. The number of carboxylic acids is 1. The molecule has 17 heteroatoms. The molecule has 2 aliphatic rings. The highest BCUT2D eigenvalue weighted by Crippen LogP contribution is 2.26. The topological polar surface area (TPSA) is 198 Å². The minimum Gasteiger partial charge on any atom is -0.477 e. The van der Waals surface area contributed by atoms with Crippen molar-refractivity contribution >= 4 is 56.6 Å². The van der Waals surface area contributed by atoms with E-state index in [1.165, 1.54) is 0 Å². The number of pyridine rings is 2. The average Bonchev–Trinajstić information content (AvgIpc) is 4.16. The van der Waals surface area contributed by atoms with Crippen molar-refractivity contribution in [3.63, 3.8) is 0 Å². The Bertz CT molecular complexity index is 2760. The van der Waals surface area contributed by atoms with Crippen LogP contribution in [0.4, 0.5) is 0 Å². The number of hydrogen-bond acceptors (Lipinski definition) is 13. The molecule has 0 radical (unpaired) electrons. The first-order chi connectivity index (χ1) is 30.7. The summed E-state index contributed by atoms with van der Waals surface area (Å²) >= 11 is 3.16. The van der Waals surface area contributed by atoms with Crippen LogP contribution < -0.4 is 11.1 Å². The Morgan fingerprint density at radius 2 is 1.17 bits per heavy atom. The number of aromatic carboxylic acids is 1. The second-order valence-corrected chi connectivity index (χ2v) is 16.9. The lowest BCUT2D eigenvalue weighted by molar-refractivity contribution is 0.0684. The van der Waals surface area contributed by atoms with Gasteiger partial charge in [-0.15, -0.1) is 22.7 Å². The fourth-order valence-corrected chi connectivity index (χ4v) is 8.55. The van der Waals surface area contributed by atoms with Crippen LogP contribution >= 0.6 is 22.7 Å². The first-order valence-corrected chi connectivity index (χ1v) is 22.6. The summed E-state index contributed by atoms with van der Waals surface area (Å²) in [5.41, 5.74) is 19.3. The van der Waals surface area contributed by atoms with E-state index in [2.05, 4.69) is 59.7 Å². The van der Waals surface area contributed by atoms with Crippen LogP contribution in [0.3, 0.4) is 0 Å². The third-order valence-electron chi connectivity index (χ3n) is 11.0. The number of carbonyl (C=O) groups excluding carboxylic acids is 1. The monoisotopic (exact) mass is 884 g/mol. The molecular formula is C46H48N10O5S2. The van der Waals surface area contributed by atoms with E-state index in [1.54, 1.807) is 51.3 Å². The van der Waals surface area contributed by atoms with Crippen LogP contribution in [-0.4, -0.2) is 95.0 Å². The van der Waals surface area contributed by atoms with Gasteiger partial charge in [-0.25, -0.2) is 24.7 Å². The summed E-state index contributed by atoms with van der Waals surface area (Å²) in [6, 6.07) is 20.6. The largest absolute Gasteiger partial charge is 0.477 e. The van der Waals surface area contributed by atoms with E-state index >= 15 is 0 Å². The zero-order chi connectivity index (χ0) is 43.7. The SMILES string of the molecule is Cn1ncc2c(Cc3ccc(-c4cscn4)cc3)cc(C(=O)NC3CCOCC3)nc21.Cn1ncc2c(Cc3ccc(-c4cscn4)cc3)cc(C(=O)O)nc21.NC1CCOCC1. The number of carbonyl (C=O) groups is 2. The molecule has 0 bridgehead atoms. The van der Waals surface area contributed by atoms with Crippen LogP contribution in [0.15, 0.2) is 94.8 Å². The normalized spacial score (nSPS) is 14.5. The summed E-state index contributed by atoms with van der Waals surface area (Å²) in [4.78, 5) is 41.7. The number of thiazole rings is 2. The van der Waals surface area contributed by atoms with Gasteiger partial charge in [-0.05, 0) is 72.9 Å². The standard InChI is InChI=1S/C23H23N5O2S.C18H14N4O2S.C5H11NO/c1-28-22-19(12-25-28)17(10-15-2-4-16(5-3-15)21-13-31-14-24-21)11-20(27-22)23(29)26-18-6-8-30-9-7-18;1-22-17-14(8-20-22)13(7-15(21-17)18(23)24)6-11-2-4-12(5-3-11)16-9-25-10-19-16;6-5-1-3-7-4-2-5/h2-5,11-14,18H,6-10H2,1H3,(H,26,29);2-5,7-10H,6H2,1H3,(H,23,24);5H,1-4,6H2. The molecular weight excluding hydrogens is 837 g/mol. The van der Waals surface area contributed by atoms with Crippen molar-refractivity contribution in [2.45, 2.75) is 50.6 Å². The second kappa shape index (κ2) is 20.3. The van der Waals surface area contributed by atoms with Gasteiger partial charge in [0.1, 0.15) is 5.69 Å². The first kappa shape index (κ1) is 43.4. The van der Waals surface area contributed by atoms with Crippen LogP contribution in [0.1, 0.15) is 68.9 Å². The quantitative estimate of drug-likeness (QED) is 0.133.